The van der Waals surface area contributed by atoms with E-state index in [1.807, 2.05) is 0 Å². The van der Waals surface area contributed by atoms with Crippen LogP contribution in [0.25, 0.3) is 0 Å². The lowest BCUT2D eigenvalue weighted by molar-refractivity contribution is 0.607. The van der Waals surface area contributed by atoms with E-state index in [0.29, 0.717) is 12.0 Å². The van der Waals surface area contributed by atoms with Crippen LogP contribution in [0.2, 0.25) is 0 Å². The maximum Gasteiger partial charge on any atom is 0.132 e. The zero-order valence-electron chi connectivity index (χ0n) is 11.5. The van der Waals surface area contributed by atoms with Crippen molar-refractivity contribution in [2.24, 2.45) is 0 Å². The molecule has 2 heterocycles. The predicted octanol–water partition coefficient (Wildman–Crippen LogP) is 3.76. The van der Waals surface area contributed by atoms with Crippen molar-refractivity contribution in [2.75, 3.05) is 11.4 Å². The van der Waals surface area contributed by atoms with Crippen LogP contribution in [-0.2, 0) is 6.42 Å². The average molecular weight is 232 g/mol. The van der Waals surface area contributed by atoms with Crippen LogP contribution >= 0.6 is 0 Å². The van der Waals surface area contributed by atoms with Crippen LogP contribution in [-0.4, -0.2) is 17.6 Å². The molecular weight excluding hydrogens is 208 g/mol. The van der Waals surface area contributed by atoms with E-state index < -0.39 is 0 Å². The Morgan fingerprint density at radius 1 is 1.29 bits per heavy atom. The van der Waals surface area contributed by atoms with E-state index in [-0.39, 0.29) is 0 Å². The molecule has 2 heteroatoms. The van der Waals surface area contributed by atoms with Gasteiger partial charge in [-0.2, -0.15) is 0 Å². The zero-order valence-corrected chi connectivity index (χ0v) is 11.5. The van der Waals surface area contributed by atoms with Crippen LogP contribution in [0.3, 0.4) is 0 Å². The minimum Gasteiger partial charge on any atom is -0.354 e. The molecule has 0 saturated heterocycles. The minimum atomic E-state index is 0.550. The molecule has 1 unspecified atom stereocenters. The third kappa shape index (κ3) is 2.46. The summed E-state index contributed by atoms with van der Waals surface area (Å²) in [6.45, 7) is 10.2. The summed E-state index contributed by atoms with van der Waals surface area (Å²) in [5, 5.41) is 0. The highest BCUT2D eigenvalue weighted by Gasteiger charge is 2.21. The number of fused-ring (bicyclic) bond motifs is 1. The molecule has 94 valence electrons. The number of aryl methyl sites for hydroxylation is 1. The molecule has 0 fully saturated rings. The summed E-state index contributed by atoms with van der Waals surface area (Å²) in [5.41, 5.74) is 2.68. The van der Waals surface area contributed by atoms with E-state index in [1.54, 1.807) is 0 Å². The fourth-order valence-electron chi connectivity index (χ4n) is 2.47. The van der Waals surface area contributed by atoms with E-state index in [4.69, 9.17) is 4.98 Å². The Balaban J connectivity index is 2.37. The van der Waals surface area contributed by atoms with E-state index in [2.05, 4.69) is 44.7 Å². The third-order valence-corrected chi connectivity index (χ3v) is 3.84. The van der Waals surface area contributed by atoms with Crippen molar-refractivity contribution in [3.05, 3.63) is 23.4 Å². The fourth-order valence-corrected chi connectivity index (χ4v) is 2.47. The van der Waals surface area contributed by atoms with Crippen LogP contribution in [0, 0.1) is 0 Å². The first-order valence-corrected chi connectivity index (χ1v) is 6.90. The first kappa shape index (κ1) is 12.4. The molecular formula is C15H24N2. The highest BCUT2D eigenvalue weighted by atomic mass is 15.2. The van der Waals surface area contributed by atoms with Crippen LogP contribution in [0.4, 0.5) is 5.82 Å². The Morgan fingerprint density at radius 3 is 2.71 bits per heavy atom. The highest BCUT2D eigenvalue weighted by molar-refractivity contribution is 5.50. The SMILES string of the molecule is CCC(C)c1ccc2c(n1)N(C(C)C)CCC2. The van der Waals surface area contributed by atoms with Crippen LogP contribution in [0.1, 0.15) is 57.7 Å². The molecule has 0 saturated carbocycles. The lowest BCUT2D eigenvalue weighted by Crippen LogP contribution is -2.36. The molecule has 2 nitrogen and oxygen atoms in total. The molecule has 1 aromatic rings. The molecule has 1 aliphatic heterocycles. The number of pyridine rings is 1. The molecule has 1 atom stereocenters. The van der Waals surface area contributed by atoms with Gasteiger partial charge in [0.25, 0.3) is 0 Å². The van der Waals surface area contributed by atoms with Gasteiger partial charge in [0, 0.05) is 18.3 Å². The van der Waals surface area contributed by atoms with Gasteiger partial charge in [0.15, 0.2) is 0 Å². The fraction of sp³-hybridized carbons (Fsp3) is 0.667. The maximum absolute atomic E-state index is 4.91. The number of anilines is 1. The van der Waals surface area contributed by atoms with Gasteiger partial charge >= 0.3 is 0 Å². The Morgan fingerprint density at radius 2 is 2.06 bits per heavy atom. The Bertz CT molecular complexity index is 385. The van der Waals surface area contributed by atoms with Gasteiger partial charge < -0.3 is 4.90 Å². The van der Waals surface area contributed by atoms with E-state index in [1.165, 1.54) is 29.9 Å². The number of nitrogens with zero attached hydrogens (tertiary/aromatic N) is 2. The lowest BCUT2D eigenvalue weighted by Gasteiger charge is -2.34. The zero-order chi connectivity index (χ0) is 12.4. The van der Waals surface area contributed by atoms with E-state index in [0.717, 1.165) is 13.0 Å². The molecule has 0 radical (unpaired) electrons. The van der Waals surface area contributed by atoms with Crippen molar-refractivity contribution >= 4 is 5.82 Å². The second-order valence-electron chi connectivity index (χ2n) is 5.42. The Kier molecular flexibility index (Phi) is 3.70. The normalized spacial score (nSPS) is 17.1. The molecule has 0 N–H and O–H groups in total. The van der Waals surface area contributed by atoms with Crippen molar-refractivity contribution in [1.82, 2.24) is 4.98 Å². The van der Waals surface area contributed by atoms with Gasteiger partial charge in [-0.25, -0.2) is 4.98 Å². The van der Waals surface area contributed by atoms with Crippen molar-refractivity contribution in [3.8, 4) is 0 Å². The molecule has 17 heavy (non-hydrogen) atoms. The van der Waals surface area contributed by atoms with Gasteiger partial charge in [-0.05, 0) is 50.7 Å². The minimum absolute atomic E-state index is 0.550. The summed E-state index contributed by atoms with van der Waals surface area (Å²) in [5.74, 6) is 1.81. The van der Waals surface area contributed by atoms with Crippen molar-refractivity contribution in [2.45, 2.75) is 58.9 Å². The molecule has 1 aromatic heterocycles. The van der Waals surface area contributed by atoms with Crippen molar-refractivity contribution in [3.63, 3.8) is 0 Å². The highest BCUT2D eigenvalue weighted by Crippen LogP contribution is 2.29. The maximum atomic E-state index is 4.91. The van der Waals surface area contributed by atoms with Crippen LogP contribution < -0.4 is 4.90 Å². The molecule has 0 spiro atoms. The second kappa shape index (κ2) is 5.07. The average Bonchev–Trinajstić information content (AvgIpc) is 2.36. The number of hydrogen-bond acceptors (Lipinski definition) is 2. The predicted molar refractivity (Wildman–Crippen MR) is 73.7 cm³/mol. The van der Waals surface area contributed by atoms with Crippen LogP contribution in [0.15, 0.2) is 12.1 Å². The van der Waals surface area contributed by atoms with E-state index in [9.17, 15) is 0 Å². The van der Waals surface area contributed by atoms with Gasteiger partial charge in [0.1, 0.15) is 5.82 Å². The van der Waals surface area contributed by atoms with Crippen molar-refractivity contribution in [1.29, 1.82) is 0 Å². The van der Waals surface area contributed by atoms with Gasteiger partial charge in [0.05, 0.1) is 0 Å². The molecule has 0 amide bonds. The van der Waals surface area contributed by atoms with Gasteiger partial charge in [0.2, 0.25) is 0 Å². The van der Waals surface area contributed by atoms with Crippen molar-refractivity contribution < 1.29 is 0 Å². The summed E-state index contributed by atoms with van der Waals surface area (Å²) in [6.07, 6.45) is 3.61. The summed E-state index contributed by atoms with van der Waals surface area (Å²) in [7, 11) is 0. The first-order valence-electron chi connectivity index (χ1n) is 6.90. The van der Waals surface area contributed by atoms with Gasteiger partial charge in [-0.15, -0.1) is 0 Å². The Labute approximate surface area is 105 Å². The number of rotatable bonds is 3. The largest absolute Gasteiger partial charge is 0.354 e. The quantitative estimate of drug-likeness (QED) is 0.789. The molecule has 1 aliphatic rings. The van der Waals surface area contributed by atoms with Crippen LogP contribution in [0.5, 0.6) is 0 Å². The van der Waals surface area contributed by atoms with Gasteiger partial charge in [-0.1, -0.05) is 19.9 Å². The Hall–Kier alpha value is -1.05. The summed E-state index contributed by atoms with van der Waals surface area (Å²) in [4.78, 5) is 7.36. The van der Waals surface area contributed by atoms with Gasteiger partial charge in [-0.3, -0.25) is 0 Å². The molecule has 0 bridgehead atoms. The van der Waals surface area contributed by atoms with E-state index >= 15 is 0 Å². The lowest BCUT2D eigenvalue weighted by atomic mass is 10.00. The smallest absolute Gasteiger partial charge is 0.132 e. The summed E-state index contributed by atoms with van der Waals surface area (Å²) < 4.78 is 0. The summed E-state index contributed by atoms with van der Waals surface area (Å²) in [6, 6.07) is 5.06. The monoisotopic (exact) mass is 232 g/mol. The molecule has 0 aromatic carbocycles. The summed E-state index contributed by atoms with van der Waals surface area (Å²) >= 11 is 0. The third-order valence-electron chi connectivity index (χ3n) is 3.84. The number of aromatic nitrogens is 1. The second-order valence-corrected chi connectivity index (χ2v) is 5.42. The molecule has 0 aliphatic carbocycles. The standard InChI is InChI=1S/C15H24N2/c1-5-12(4)14-9-8-13-7-6-10-17(11(2)3)15(13)16-14/h8-9,11-12H,5-7,10H2,1-4H3. The number of hydrogen-bond donors (Lipinski definition) is 0. The first-order chi connectivity index (χ1) is 8.13. The molecule has 2 rings (SSSR count). The topological polar surface area (TPSA) is 16.1 Å².